The minimum atomic E-state index is 0. The van der Waals surface area contributed by atoms with E-state index in [1.165, 1.54) is 11.1 Å². The van der Waals surface area contributed by atoms with Crippen LogP contribution in [-0.2, 0) is 25.0 Å². The van der Waals surface area contributed by atoms with Gasteiger partial charge in [0.1, 0.15) is 5.01 Å². The van der Waals surface area contributed by atoms with Gasteiger partial charge in [-0.2, -0.15) is 6.42 Å². The van der Waals surface area contributed by atoms with Crippen LogP contribution in [0.1, 0.15) is 5.56 Å². The predicted octanol–water partition coefficient (Wildman–Crippen LogP) is 5.06. The summed E-state index contributed by atoms with van der Waals surface area (Å²) >= 11 is 1.68. The summed E-state index contributed by atoms with van der Waals surface area (Å²) in [5.74, 6) is 0. The number of terminal acetylenes is 1. The molecule has 0 unspecified atom stereocenters. The van der Waals surface area contributed by atoms with Gasteiger partial charge in [0.25, 0.3) is 0 Å². The minimum Gasteiger partial charge on any atom is -0.697 e. The van der Waals surface area contributed by atoms with Crippen LogP contribution in [0.2, 0.25) is 0 Å². The van der Waals surface area contributed by atoms with Crippen molar-refractivity contribution >= 4 is 11.3 Å². The average Bonchev–Trinajstić information content (AvgIpc) is 3.08. The largest absolute Gasteiger partial charge is 2.00 e. The molecule has 3 heteroatoms. The van der Waals surface area contributed by atoms with Gasteiger partial charge < -0.3 is 19.8 Å². The summed E-state index contributed by atoms with van der Waals surface area (Å²) in [5, 5.41) is 3.18. The maximum atomic E-state index is 5.25. The second-order valence-electron chi connectivity index (χ2n) is 4.35. The van der Waals surface area contributed by atoms with Crippen molar-refractivity contribution in [2.45, 2.75) is 6.42 Å². The molecule has 0 aliphatic carbocycles. The summed E-state index contributed by atoms with van der Waals surface area (Å²) in [4.78, 5) is 4.71. The van der Waals surface area contributed by atoms with E-state index >= 15 is 0 Å². The molecule has 107 valence electrons. The van der Waals surface area contributed by atoms with Crippen LogP contribution in [0.4, 0.5) is 0 Å². The van der Waals surface area contributed by atoms with E-state index in [1.807, 2.05) is 18.2 Å². The Bertz CT molecular complexity index is 699. The Morgan fingerprint density at radius 1 is 0.955 bits per heavy atom. The number of nitrogens with zero attached hydrogens (tertiary/aromatic N) is 1. The van der Waals surface area contributed by atoms with Crippen LogP contribution in [0.25, 0.3) is 21.8 Å². The summed E-state index contributed by atoms with van der Waals surface area (Å²) < 4.78 is 0. The molecule has 1 nitrogen and oxygen atoms in total. The Kier molecular flexibility index (Phi) is 7.70. The van der Waals surface area contributed by atoms with Crippen molar-refractivity contribution in [1.82, 2.24) is 4.98 Å². The van der Waals surface area contributed by atoms with Gasteiger partial charge >= 0.3 is 18.6 Å². The topological polar surface area (TPSA) is 12.9 Å². The maximum absolute atomic E-state index is 5.25. The first-order valence-electron chi connectivity index (χ1n) is 6.55. The van der Waals surface area contributed by atoms with Crippen LogP contribution < -0.4 is 0 Å². The second-order valence-corrected chi connectivity index (χ2v) is 5.21. The Morgan fingerprint density at radius 3 is 2.18 bits per heavy atom. The van der Waals surface area contributed by atoms with E-state index in [0.717, 1.165) is 22.7 Å². The van der Waals surface area contributed by atoms with Gasteiger partial charge in [-0.05, 0) is 0 Å². The molecule has 0 fully saturated rings. The van der Waals surface area contributed by atoms with Crippen LogP contribution >= 0.6 is 11.3 Å². The van der Waals surface area contributed by atoms with Crippen molar-refractivity contribution in [3.63, 3.8) is 0 Å². The molecule has 0 N–H and O–H groups in total. The summed E-state index contributed by atoms with van der Waals surface area (Å²) in [5.41, 5.74) is 4.63. The first-order chi connectivity index (χ1) is 10.4. The molecule has 2 aromatic carbocycles. The van der Waals surface area contributed by atoms with E-state index in [9.17, 15) is 0 Å². The Hall–Kier alpha value is -1.79. The fourth-order valence-electron chi connectivity index (χ4n) is 1.96. The molecule has 0 atom stereocenters. The monoisotopic (exact) mass is 340 g/mol. The SMILES string of the molecule is [C-]#C.[CH2-]Cc1ccc(-c2csc(-c3ccccc3)n2)cc1.[V+2]. The van der Waals surface area contributed by atoms with E-state index in [0.29, 0.717) is 0 Å². The average molecular weight is 340 g/mol. The van der Waals surface area contributed by atoms with Gasteiger partial charge in [0.15, 0.2) is 0 Å². The summed E-state index contributed by atoms with van der Waals surface area (Å²) in [6.45, 7) is 3.89. The molecule has 0 aliphatic heterocycles. The first-order valence-corrected chi connectivity index (χ1v) is 7.43. The smallest absolute Gasteiger partial charge is 0.697 e. The molecule has 3 aromatic rings. The third-order valence-electron chi connectivity index (χ3n) is 3.06. The number of thiazole rings is 1. The van der Waals surface area contributed by atoms with Gasteiger partial charge in [-0.3, -0.25) is 0 Å². The summed E-state index contributed by atoms with van der Waals surface area (Å²) in [6.07, 6.45) is 9.83. The molecule has 0 saturated heterocycles. The van der Waals surface area contributed by atoms with Gasteiger partial charge in [0.05, 0.1) is 5.69 Å². The van der Waals surface area contributed by atoms with Crippen LogP contribution in [0, 0.1) is 19.8 Å². The van der Waals surface area contributed by atoms with Gasteiger partial charge in [-0.25, -0.2) is 4.98 Å². The zero-order chi connectivity index (χ0) is 15.1. The molecule has 0 aliphatic rings. The van der Waals surface area contributed by atoms with E-state index in [1.54, 1.807) is 11.3 Å². The molecule has 0 bridgehead atoms. The fourth-order valence-corrected chi connectivity index (χ4v) is 2.80. The minimum absolute atomic E-state index is 0. The normalized spacial score (nSPS) is 9.23. The van der Waals surface area contributed by atoms with E-state index in [-0.39, 0.29) is 18.6 Å². The van der Waals surface area contributed by atoms with Gasteiger partial charge in [0, 0.05) is 16.5 Å². The van der Waals surface area contributed by atoms with E-state index in [2.05, 4.69) is 55.1 Å². The fraction of sp³-hybridized carbons (Fsp3) is 0.0526. The van der Waals surface area contributed by atoms with Crippen LogP contribution in [0.15, 0.2) is 60.0 Å². The van der Waals surface area contributed by atoms with Crippen LogP contribution in [0.3, 0.4) is 0 Å². The molecule has 22 heavy (non-hydrogen) atoms. The van der Waals surface area contributed by atoms with Crippen molar-refractivity contribution in [2.75, 3.05) is 0 Å². The van der Waals surface area contributed by atoms with Crippen molar-refractivity contribution in [3.8, 4) is 28.3 Å². The predicted molar refractivity (Wildman–Crippen MR) is 90.2 cm³/mol. The van der Waals surface area contributed by atoms with Crippen molar-refractivity contribution in [2.24, 2.45) is 0 Å². The van der Waals surface area contributed by atoms with Gasteiger partial charge in [-0.1, -0.05) is 60.2 Å². The zero-order valence-corrected chi connectivity index (χ0v) is 14.3. The number of hydrogen-bond donors (Lipinski definition) is 0. The number of rotatable bonds is 3. The van der Waals surface area contributed by atoms with Crippen molar-refractivity contribution in [1.29, 1.82) is 0 Å². The zero-order valence-electron chi connectivity index (χ0n) is 12.1. The Balaban J connectivity index is 0.000000775. The van der Waals surface area contributed by atoms with Crippen molar-refractivity contribution in [3.05, 3.63) is 78.9 Å². The van der Waals surface area contributed by atoms with Crippen molar-refractivity contribution < 1.29 is 18.6 Å². The standard InChI is InChI=1S/C17H14NS.C2H.V/c1-2-13-8-10-14(11-9-13)16-12-19-17(18-16)15-6-4-3-5-7-15;1-2;/h3-12H,1-2H2;1H;/q2*-1;+2. The number of aromatic nitrogens is 1. The van der Waals surface area contributed by atoms with Crippen LogP contribution in [-0.4, -0.2) is 4.98 Å². The Morgan fingerprint density at radius 2 is 1.59 bits per heavy atom. The third-order valence-corrected chi connectivity index (χ3v) is 3.95. The molecule has 3 rings (SSSR count). The number of benzene rings is 2. The van der Waals surface area contributed by atoms with Gasteiger partial charge in [0.2, 0.25) is 0 Å². The molecule has 1 aromatic heterocycles. The summed E-state index contributed by atoms with van der Waals surface area (Å²) in [6, 6.07) is 18.7. The number of hydrogen-bond acceptors (Lipinski definition) is 2. The third kappa shape index (κ3) is 4.35. The van der Waals surface area contributed by atoms with Crippen LogP contribution in [0.5, 0.6) is 0 Å². The quantitative estimate of drug-likeness (QED) is 0.480. The molecular weight excluding hydrogens is 325 g/mol. The molecule has 0 spiro atoms. The maximum Gasteiger partial charge on any atom is 2.00 e. The molecule has 0 saturated carbocycles. The molecular formula is C19H15NSV. The van der Waals surface area contributed by atoms with Gasteiger partial charge in [-0.15, -0.1) is 11.3 Å². The molecule has 0 amide bonds. The first kappa shape index (κ1) is 18.3. The molecule has 1 radical (unpaired) electrons. The summed E-state index contributed by atoms with van der Waals surface area (Å²) in [7, 11) is 0. The Labute approximate surface area is 148 Å². The molecule has 1 heterocycles. The van der Waals surface area contributed by atoms with E-state index in [4.69, 9.17) is 11.4 Å². The second kappa shape index (κ2) is 9.28. The van der Waals surface area contributed by atoms with E-state index < -0.39 is 0 Å².